The number of thioether (sulfide) groups is 1. The van der Waals surface area contributed by atoms with Crippen LogP contribution < -0.4 is 10.6 Å². The second-order valence-corrected chi connectivity index (χ2v) is 7.37. The van der Waals surface area contributed by atoms with Crippen molar-refractivity contribution in [1.82, 2.24) is 19.7 Å². The van der Waals surface area contributed by atoms with E-state index in [1.807, 2.05) is 30.3 Å². The van der Waals surface area contributed by atoms with Crippen molar-refractivity contribution < 1.29 is 9.59 Å². The van der Waals surface area contributed by atoms with Gasteiger partial charge in [-0.1, -0.05) is 36.0 Å². The highest BCUT2D eigenvalue weighted by molar-refractivity contribution is 8.00. The van der Waals surface area contributed by atoms with Crippen LogP contribution in [0.2, 0.25) is 0 Å². The van der Waals surface area contributed by atoms with Crippen molar-refractivity contribution >= 4 is 46.0 Å². The first-order chi connectivity index (χ1) is 14.6. The Morgan fingerprint density at radius 1 is 1.00 bits per heavy atom. The van der Waals surface area contributed by atoms with Gasteiger partial charge < -0.3 is 10.6 Å². The van der Waals surface area contributed by atoms with Crippen LogP contribution in [0.3, 0.4) is 0 Å². The average Bonchev–Trinajstić information content (AvgIpc) is 3.17. The van der Waals surface area contributed by atoms with Gasteiger partial charge in [0.1, 0.15) is 11.4 Å². The Kier molecular flexibility index (Phi) is 5.71. The molecule has 0 radical (unpaired) electrons. The summed E-state index contributed by atoms with van der Waals surface area (Å²) in [5.74, 6) is -0.174. The molecule has 0 saturated heterocycles. The molecule has 0 atom stereocenters. The van der Waals surface area contributed by atoms with E-state index in [1.165, 1.54) is 25.0 Å². The van der Waals surface area contributed by atoms with Crippen LogP contribution >= 0.6 is 11.8 Å². The first-order valence-electron chi connectivity index (χ1n) is 9.14. The average molecular weight is 418 g/mol. The molecule has 2 aromatic heterocycles. The summed E-state index contributed by atoms with van der Waals surface area (Å²) in [6.45, 7) is 1.43. The topological polar surface area (TPSA) is 102 Å². The maximum absolute atomic E-state index is 12.4. The molecule has 0 bridgehead atoms. The van der Waals surface area contributed by atoms with Gasteiger partial charge in [-0.2, -0.15) is 5.10 Å². The minimum absolute atomic E-state index is 0.169. The number of amides is 2. The fourth-order valence-corrected chi connectivity index (χ4v) is 3.67. The molecule has 4 rings (SSSR count). The maximum Gasteiger partial charge on any atom is 0.234 e. The van der Waals surface area contributed by atoms with Gasteiger partial charge in [0, 0.05) is 18.3 Å². The number of anilines is 2. The van der Waals surface area contributed by atoms with E-state index in [1.54, 1.807) is 35.1 Å². The van der Waals surface area contributed by atoms with E-state index < -0.39 is 0 Å². The highest BCUT2D eigenvalue weighted by Crippen LogP contribution is 2.26. The molecular weight excluding hydrogens is 400 g/mol. The summed E-state index contributed by atoms with van der Waals surface area (Å²) in [4.78, 5) is 32.2. The van der Waals surface area contributed by atoms with E-state index in [0.29, 0.717) is 22.0 Å². The quantitative estimate of drug-likeness (QED) is 0.367. The lowest BCUT2D eigenvalue weighted by Gasteiger charge is -2.08. The molecule has 0 unspecified atom stereocenters. The van der Waals surface area contributed by atoms with Crippen LogP contribution in [0.1, 0.15) is 6.92 Å². The van der Waals surface area contributed by atoms with Crippen LogP contribution in [0, 0.1) is 0 Å². The van der Waals surface area contributed by atoms with Gasteiger partial charge in [0.2, 0.25) is 11.8 Å². The lowest BCUT2D eigenvalue weighted by Crippen LogP contribution is -2.14. The van der Waals surface area contributed by atoms with Crippen LogP contribution in [0.15, 0.2) is 72.1 Å². The van der Waals surface area contributed by atoms with Gasteiger partial charge >= 0.3 is 0 Å². The molecule has 30 heavy (non-hydrogen) atoms. The number of nitrogens with one attached hydrogen (secondary N) is 2. The summed E-state index contributed by atoms with van der Waals surface area (Å²) in [5, 5.41) is 11.4. The lowest BCUT2D eigenvalue weighted by atomic mass is 10.2. The molecule has 0 aliphatic heterocycles. The third-order valence-corrected chi connectivity index (χ3v) is 5.14. The van der Waals surface area contributed by atoms with Crippen molar-refractivity contribution in [3.8, 4) is 5.69 Å². The molecule has 0 fully saturated rings. The van der Waals surface area contributed by atoms with Crippen molar-refractivity contribution in [2.24, 2.45) is 0 Å². The smallest absolute Gasteiger partial charge is 0.234 e. The summed E-state index contributed by atoms with van der Waals surface area (Å²) in [7, 11) is 0. The Bertz CT molecular complexity index is 1210. The van der Waals surface area contributed by atoms with E-state index >= 15 is 0 Å². The molecule has 0 aliphatic carbocycles. The number of hydrogen-bond acceptors (Lipinski definition) is 6. The van der Waals surface area contributed by atoms with Crippen LogP contribution in [-0.4, -0.2) is 37.3 Å². The zero-order valence-electron chi connectivity index (χ0n) is 16.1. The Morgan fingerprint density at radius 2 is 1.77 bits per heavy atom. The normalized spacial score (nSPS) is 10.7. The van der Waals surface area contributed by atoms with Crippen molar-refractivity contribution in [3.63, 3.8) is 0 Å². The standard InChI is InChI=1S/C21H18N6O2S/c1-14(28)25-15-6-5-7-16(10-15)26-19(29)12-30-21-18-11-24-27(20(18)22-13-23-21)17-8-3-2-4-9-17/h2-11,13H,12H2,1H3,(H,25,28)(H,26,29). The van der Waals surface area contributed by atoms with Gasteiger partial charge in [-0.25, -0.2) is 14.6 Å². The molecule has 2 amide bonds. The number of hydrogen-bond donors (Lipinski definition) is 2. The second-order valence-electron chi connectivity index (χ2n) is 6.41. The molecule has 0 aliphatic rings. The number of aromatic nitrogens is 4. The predicted molar refractivity (Wildman–Crippen MR) is 117 cm³/mol. The molecule has 2 N–H and O–H groups in total. The van der Waals surface area contributed by atoms with Crippen molar-refractivity contribution in [2.45, 2.75) is 11.9 Å². The second kappa shape index (κ2) is 8.75. The summed E-state index contributed by atoms with van der Waals surface area (Å²) >= 11 is 1.31. The molecular formula is C21H18N6O2S. The zero-order valence-corrected chi connectivity index (χ0v) is 16.9. The minimum Gasteiger partial charge on any atom is -0.326 e. The summed E-state index contributed by atoms with van der Waals surface area (Å²) < 4.78 is 1.74. The molecule has 8 nitrogen and oxygen atoms in total. The number of benzene rings is 2. The third-order valence-electron chi connectivity index (χ3n) is 4.14. The largest absolute Gasteiger partial charge is 0.326 e. The zero-order chi connectivity index (χ0) is 20.9. The van der Waals surface area contributed by atoms with Crippen molar-refractivity contribution in [3.05, 3.63) is 67.1 Å². The predicted octanol–water partition coefficient (Wildman–Crippen LogP) is 3.50. The van der Waals surface area contributed by atoms with Crippen molar-refractivity contribution in [1.29, 1.82) is 0 Å². The highest BCUT2D eigenvalue weighted by atomic mass is 32.2. The minimum atomic E-state index is -0.179. The Balaban J connectivity index is 1.46. The number of rotatable bonds is 6. The van der Waals surface area contributed by atoms with E-state index in [4.69, 9.17) is 0 Å². The van der Waals surface area contributed by atoms with Crippen LogP contribution in [0.5, 0.6) is 0 Å². The molecule has 4 aromatic rings. The van der Waals surface area contributed by atoms with Gasteiger partial charge in [0.25, 0.3) is 0 Å². The van der Waals surface area contributed by atoms with Gasteiger partial charge in [0.15, 0.2) is 5.65 Å². The van der Waals surface area contributed by atoms with E-state index in [2.05, 4.69) is 25.7 Å². The van der Waals surface area contributed by atoms with E-state index in [-0.39, 0.29) is 17.6 Å². The molecule has 0 spiro atoms. The first kappa shape index (κ1) is 19.6. The number of carbonyl (C=O) groups is 2. The summed E-state index contributed by atoms with van der Waals surface area (Å²) in [6.07, 6.45) is 3.18. The first-order valence-corrected chi connectivity index (χ1v) is 10.1. The summed E-state index contributed by atoms with van der Waals surface area (Å²) in [5.41, 5.74) is 2.82. The third kappa shape index (κ3) is 4.47. The lowest BCUT2D eigenvalue weighted by molar-refractivity contribution is -0.114. The Labute approximate surface area is 176 Å². The number of carbonyl (C=O) groups excluding carboxylic acids is 2. The maximum atomic E-state index is 12.4. The SMILES string of the molecule is CC(=O)Nc1cccc(NC(=O)CSc2ncnc3c2cnn3-c2ccccc2)c1. The number of para-hydroxylation sites is 1. The van der Waals surface area contributed by atoms with Gasteiger partial charge in [-0.15, -0.1) is 0 Å². The van der Waals surface area contributed by atoms with Gasteiger partial charge in [-0.05, 0) is 30.3 Å². The Morgan fingerprint density at radius 3 is 2.53 bits per heavy atom. The van der Waals surface area contributed by atoms with E-state index in [9.17, 15) is 9.59 Å². The fourth-order valence-electron chi connectivity index (χ4n) is 2.90. The van der Waals surface area contributed by atoms with Gasteiger partial charge in [0.05, 0.1) is 23.0 Å². The van der Waals surface area contributed by atoms with Crippen molar-refractivity contribution in [2.75, 3.05) is 16.4 Å². The van der Waals surface area contributed by atoms with Crippen LogP contribution in [0.4, 0.5) is 11.4 Å². The molecule has 0 saturated carbocycles. The fraction of sp³-hybridized carbons (Fsp3) is 0.0952. The van der Waals surface area contributed by atoms with Crippen LogP contribution in [-0.2, 0) is 9.59 Å². The molecule has 9 heteroatoms. The monoisotopic (exact) mass is 418 g/mol. The van der Waals surface area contributed by atoms with Gasteiger partial charge in [-0.3, -0.25) is 9.59 Å². The molecule has 2 heterocycles. The number of fused-ring (bicyclic) bond motifs is 1. The highest BCUT2D eigenvalue weighted by Gasteiger charge is 2.13. The summed E-state index contributed by atoms with van der Waals surface area (Å²) in [6, 6.07) is 16.7. The molecule has 150 valence electrons. The Hall–Kier alpha value is -3.72. The molecule has 2 aromatic carbocycles. The number of nitrogens with zero attached hydrogens (tertiary/aromatic N) is 4. The van der Waals surface area contributed by atoms with Crippen LogP contribution in [0.25, 0.3) is 16.7 Å². The van der Waals surface area contributed by atoms with E-state index in [0.717, 1.165) is 11.1 Å².